The van der Waals surface area contributed by atoms with Gasteiger partial charge in [-0.3, -0.25) is 8.98 Å². The van der Waals surface area contributed by atoms with Crippen molar-refractivity contribution in [2.45, 2.75) is 44.7 Å². The average molecular weight is 607 g/mol. The number of carbonyl (C=O) groups is 1. The molecule has 3 atom stereocenters. The highest BCUT2D eigenvalue weighted by Crippen LogP contribution is 2.37. The number of ketones is 1. The lowest BCUT2D eigenvalue weighted by atomic mass is 9.90. The van der Waals surface area contributed by atoms with Gasteiger partial charge in [-0.2, -0.15) is 8.42 Å². The van der Waals surface area contributed by atoms with E-state index in [9.17, 15) is 13.2 Å². The summed E-state index contributed by atoms with van der Waals surface area (Å²) in [4.78, 5) is 23.8. The summed E-state index contributed by atoms with van der Waals surface area (Å²) in [6, 6.07) is 8.44. The Morgan fingerprint density at radius 1 is 1.30 bits per heavy atom. The number of aryl methyl sites for hydroxylation is 1. The van der Waals surface area contributed by atoms with Crippen LogP contribution in [0.1, 0.15) is 62.1 Å². The lowest BCUT2D eigenvalue weighted by molar-refractivity contribution is 0.104. The molecule has 3 aromatic rings. The second-order valence-electron chi connectivity index (χ2n) is 9.51. The van der Waals surface area contributed by atoms with Gasteiger partial charge in [-0.05, 0) is 73.4 Å². The number of nitrogens with zero attached hydrogens (tertiary/aromatic N) is 2. The highest BCUT2D eigenvalue weighted by Gasteiger charge is 2.29. The Morgan fingerprint density at radius 3 is 2.95 bits per heavy atom. The van der Waals surface area contributed by atoms with Gasteiger partial charge in [0, 0.05) is 28.1 Å². The summed E-state index contributed by atoms with van der Waals surface area (Å²) in [5.41, 5.74) is 4.07. The largest absolute Gasteiger partial charge is 0.367 e. The van der Waals surface area contributed by atoms with E-state index in [1.165, 1.54) is 28.8 Å². The van der Waals surface area contributed by atoms with Crippen LogP contribution >= 0.6 is 27.3 Å². The van der Waals surface area contributed by atoms with Crippen LogP contribution in [0.5, 0.6) is 0 Å². The maximum atomic E-state index is 13.6. The van der Waals surface area contributed by atoms with E-state index >= 15 is 0 Å². The molecule has 0 saturated heterocycles. The van der Waals surface area contributed by atoms with Crippen LogP contribution in [0.4, 0.5) is 5.82 Å². The van der Waals surface area contributed by atoms with Crippen LogP contribution in [-0.2, 0) is 20.9 Å². The number of hydrogen-bond donors (Lipinski definition) is 3. The van der Waals surface area contributed by atoms with Gasteiger partial charge >= 0.3 is 10.3 Å². The van der Waals surface area contributed by atoms with Crippen molar-refractivity contribution in [1.29, 1.82) is 0 Å². The van der Waals surface area contributed by atoms with Crippen molar-refractivity contribution in [3.05, 3.63) is 73.3 Å². The number of nitrogens with two attached hydrogens (primary N) is 1. The molecule has 1 fully saturated rings. The summed E-state index contributed by atoms with van der Waals surface area (Å²) in [7, 11) is -3.96. The van der Waals surface area contributed by atoms with Crippen molar-refractivity contribution in [3.8, 4) is 0 Å². The van der Waals surface area contributed by atoms with Crippen LogP contribution in [0.2, 0.25) is 0 Å². The molecule has 9 nitrogen and oxygen atoms in total. The summed E-state index contributed by atoms with van der Waals surface area (Å²) < 4.78 is 28.0. The molecular weight excluding hydrogens is 578 g/mol. The maximum Gasteiger partial charge on any atom is 0.333 e. The Kier molecular flexibility index (Phi) is 7.75. The minimum absolute atomic E-state index is 0.0265. The summed E-state index contributed by atoms with van der Waals surface area (Å²) in [6.45, 7) is 2.98. The van der Waals surface area contributed by atoms with Gasteiger partial charge in [-0.1, -0.05) is 22.0 Å². The van der Waals surface area contributed by atoms with Gasteiger partial charge in [0.1, 0.15) is 12.1 Å². The van der Waals surface area contributed by atoms with E-state index in [2.05, 4.69) is 54.7 Å². The first-order valence-corrected chi connectivity index (χ1v) is 15.2. The molecule has 12 heteroatoms. The molecular formula is C25H28BrN5O4S2. The lowest BCUT2D eigenvalue weighted by Gasteiger charge is -2.27. The van der Waals surface area contributed by atoms with Gasteiger partial charge in [0.05, 0.1) is 23.1 Å². The molecule has 0 radical (unpaired) electrons. The molecule has 196 valence electrons. The van der Waals surface area contributed by atoms with Gasteiger partial charge in [0.15, 0.2) is 0 Å². The summed E-state index contributed by atoms with van der Waals surface area (Å²) in [5.74, 6) is 0.417. The topological polar surface area (TPSA) is 136 Å². The Hall–Kier alpha value is -2.22. The molecule has 1 aromatic carbocycles. The standard InChI is InChI=1S/C25H28BrN5O4S2/c1-14-19(23-20-9-17(26)4-3-16(20)6-7-29-23)10-22(36-14)24(32)21-11-28-13-30-25(21)31-18-5-2-15(8-18)12-35-37(27,33)34/h3-4,9-11,13,15,18,23,29H,2,5-8,12H2,1H3,(H2,27,33,34)(H,28,30,31)/t15?,18-,23?/m0/s1. The van der Waals surface area contributed by atoms with Crippen LogP contribution in [-0.4, -0.2) is 43.4 Å². The predicted molar refractivity (Wildman–Crippen MR) is 146 cm³/mol. The van der Waals surface area contributed by atoms with Gasteiger partial charge in [0.2, 0.25) is 5.78 Å². The number of aromatic nitrogens is 2. The van der Waals surface area contributed by atoms with E-state index in [1.807, 2.05) is 13.0 Å². The second kappa shape index (κ2) is 10.9. The zero-order valence-corrected chi connectivity index (χ0v) is 23.5. The van der Waals surface area contributed by atoms with Gasteiger partial charge in [-0.15, -0.1) is 11.3 Å². The highest BCUT2D eigenvalue weighted by molar-refractivity contribution is 9.10. The number of hydrogen-bond acceptors (Lipinski definition) is 9. The first-order chi connectivity index (χ1) is 17.7. The molecule has 3 heterocycles. The van der Waals surface area contributed by atoms with Crippen molar-refractivity contribution in [2.75, 3.05) is 18.5 Å². The van der Waals surface area contributed by atoms with E-state index in [0.29, 0.717) is 22.7 Å². The van der Waals surface area contributed by atoms with Gasteiger partial charge < -0.3 is 10.6 Å². The molecule has 2 unspecified atom stereocenters. The van der Waals surface area contributed by atoms with Crippen molar-refractivity contribution in [1.82, 2.24) is 15.3 Å². The molecule has 0 bridgehead atoms. The quantitative estimate of drug-likeness (QED) is 0.329. The van der Waals surface area contributed by atoms with Crippen molar-refractivity contribution in [3.63, 3.8) is 0 Å². The lowest BCUT2D eigenvalue weighted by Crippen LogP contribution is -2.30. The molecule has 1 aliphatic heterocycles. The van der Waals surface area contributed by atoms with Crippen LogP contribution in [0.3, 0.4) is 0 Å². The van der Waals surface area contributed by atoms with Crippen molar-refractivity contribution >= 4 is 49.2 Å². The number of thiophene rings is 1. The van der Waals surface area contributed by atoms with Gasteiger partial charge in [0.25, 0.3) is 0 Å². The van der Waals surface area contributed by atoms with E-state index in [4.69, 9.17) is 9.32 Å². The summed E-state index contributed by atoms with van der Waals surface area (Å²) >= 11 is 5.07. The number of halogens is 1. The molecule has 1 aliphatic carbocycles. The Morgan fingerprint density at radius 2 is 2.14 bits per heavy atom. The van der Waals surface area contributed by atoms with E-state index < -0.39 is 10.3 Å². The van der Waals surface area contributed by atoms with Gasteiger partial charge in [-0.25, -0.2) is 15.1 Å². The third kappa shape index (κ3) is 6.10. The molecule has 5 rings (SSSR count). The van der Waals surface area contributed by atoms with E-state index in [1.54, 1.807) is 6.20 Å². The number of fused-ring (bicyclic) bond motifs is 1. The monoisotopic (exact) mass is 605 g/mol. The Bertz CT molecular complexity index is 1430. The maximum absolute atomic E-state index is 13.6. The first kappa shape index (κ1) is 26.4. The van der Waals surface area contributed by atoms with Crippen LogP contribution in [0.15, 0.2) is 41.3 Å². The predicted octanol–water partition coefficient (Wildman–Crippen LogP) is 3.88. The number of carbonyl (C=O) groups excluding carboxylic acids is 1. The van der Waals surface area contributed by atoms with Crippen LogP contribution in [0, 0.1) is 12.8 Å². The molecule has 4 N–H and O–H groups in total. The van der Waals surface area contributed by atoms with Crippen molar-refractivity contribution in [2.24, 2.45) is 11.1 Å². The molecule has 0 amide bonds. The fraction of sp³-hybridized carbons (Fsp3) is 0.400. The van der Waals surface area contributed by atoms with E-state index in [0.717, 1.165) is 40.7 Å². The fourth-order valence-electron chi connectivity index (χ4n) is 5.18. The molecule has 0 spiro atoms. The minimum atomic E-state index is -3.96. The fourth-order valence-corrected chi connectivity index (χ4v) is 6.95. The average Bonchev–Trinajstić information content (AvgIpc) is 3.48. The van der Waals surface area contributed by atoms with Crippen LogP contribution < -0.4 is 15.8 Å². The molecule has 37 heavy (non-hydrogen) atoms. The zero-order valence-electron chi connectivity index (χ0n) is 20.2. The SMILES string of the molecule is Cc1sc(C(=O)c2cncnc2N[C@H]2CCC(COS(N)(=O)=O)C2)cc1C1NCCc2ccc(Br)cc21. The molecule has 2 aliphatic rings. The third-order valence-corrected chi connectivity index (χ3v) is 8.98. The summed E-state index contributed by atoms with van der Waals surface area (Å²) in [6.07, 6.45) is 6.23. The van der Waals surface area contributed by atoms with Crippen LogP contribution in [0.25, 0.3) is 0 Å². The summed E-state index contributed by atoms with van der Waals surface area (Å²) in [5, 5.41) is 11.9. The van der Waals surface area contributed by atoms with E-state index in [-0.39, 0.29) is 30.4 Å². The highest BCUT2D eigenvalue weighted by atomic mass is 79.9. The third-order valence-electron chi connectivity index (χ3n) is 6.96. The Balaban J connectivity index is 1.34. The zero-order chi connectivity index (χ0) is 26.2. The minimum Gasteiger partial charge on any atom is -0.367 e. The smallest absolute Gasteiger partial charge is 0.333 e. The second-order valence-corrected chi connectivity index (χ2v) is 12.9. The Labute approximate surface area is 228 Å². The molecule has 1 saturated carbocycles. The normalized spacial score (nSPS) is 21.5. The van der Waals surface area contributed by atoms with Crippen molar-refractivity contribution < 1.29 is 17.4 Å². The number of rotatable bonds is 8. The number of anilines is 1. The molecule has 2 aromatic heterocycles. The number of nitrogens with one attached hydrogen (secondary N) is 2. The first-order valence-electron chi connectivity index (χ1n) is 12.1. The number of benzene rings is 1.